The van der Waals surface area contributed by atoms with Crippen LogP contribution in [0.3, 0.4) is 0 Å². The van der Waals surface area contributed by atoms with Gasteiger partial charge in [0.2, 0.25) is 5.91 Å². The average molecular weight is 204 g/mol. The second-order valence-electron chi connectivity index (χ2n) is 4.22. The van der Waals surface area contributed by atoms with Crippen molar-refractivity contribution >= 4 is 11.6 Å². The van der Waals surface area contributed by atoms with Crippen molar-refractivity contribution in [3.63, 3.8) is 0 Å². The van der Waals surface area contributed by atoms with E-state index in [1.54, 1.807) is 6.07 Å². The number of primary amides is 1. The molecule has 1 fully saturated rings. The van der Waals surface area contributed by atoms with Gasteiger partial charge in [0.05, 0.1) is 0 Å². The maximum atomic E-state index is 10.9. The molecule has 1 aromatic rings. The predicted molar refractivity (Wildman–Crippen MR) is 60.9 cm³/mol. The molecule has 80 valence electrons. The highest BCUT2D eigenvalue weighted by Crippen LogP contribution is 2.29. The topological polar surface area (TPSA) is 55.1 Å². The van der Waals surface area contributed by atoms with Crippen molar-refractivity contribution in [2.24, 2.45) is 11.7 Å². The number of nitrogens with two attached hydrogens (primary N) is 1. The third-order valence-corrected chi connectivity index (χ3v) is 2.79. The van der Waals surface area contributed by atoms with Gasteiger partial charge < -0.3 is 11.1 Å². The molecule has 0 atom stereocenters. The molecule has 0 bridgehead atoms. The molecule has 0 radical (unpaired) electrons. The van der Waals surface area contributed by atoms with Crippen molar-refractivity contribution in [1.29, 1.82) is 0 Å². The third-order valence-electron chi connectivity index (χ3n) is 2.79. The van der Waals surface area contributed by atoms with E-state index in [4.69, 9.17) is 5.73 Å². The number of hydrogen-bond acceptors (Lipinski definition) is 2. The van der Waals surface area contributed by atoms with E-state index in [0.717, 1.165) is 23.7 Å². The monoisotopic (exact) mass is 204 g/mol. The fraction of sp³-hybridized carbons (Fsp3) is 0.417. The molecule has 2 rings (SSSR count). The molecule has 1 amide bonds. The minimum atomic E-state index is -0.369. The summed E-state index contributed by atoms with van der Waals surface area (Å²) >= 11 is 0. The van der Waals surface area contributed by atoms with E-state index < -0.39 is 0 Å². The normalized spacial score (nSPS) is 15.0. The van der Waals surface area contributed by atoms with Gasteiger partial charge in [-0.2, -0.15) is 0 Å². The van der Waals surface area contributed by atoms with E-state index in [1.165, 1.54) is 12.8 Å². The second-order valence-corrected chi connectivity index (χ2v) is 4.22. The van der Waals surface area contributed by atoms with Gasteiger partial charge >= 0.3 is 0 Å². The van der Waals surface area contributed by atoms with Gasteiger partial charge in [0.25, 0.3) is 0 Å². The largest absolute Gasteiger partial charge is 0.385 e. The van der Waals surface area contributed by atoms with Crippen LogP contribution in [0.2, 0.25) is 0 Å². The van der Waals surface area contributed by atoms with Gasteiger partial charge in [-0.1, -0.05) is 0 Å². The smallest absolute Gasteiger partial charge is 0.248 e. The number of aryl methyl sites for hydroxylation is 1. The van der Waals surface area contributed by atoms with Gasteiger partial charge in [-0.3, -0.25) is 4.79 Å². The predicted octanol–water partition coefficient (Wildman–Crippen LogP) is 1.92. The number of rotatable bonds is 4. The minimum absolute atomic E-state index is 0.369. The minimum Gasteiger partial charge on any atom is -0.385 e. The van der Waals surface area contributed by atoms with Crippen LogP contribution >= 0.6 is 0 Å². The van der Waals surface area contributed by atoms with E-state index in [9.17, 15) is 4.79 Å². The lowest BCUT2D eigenvalue weighted by Crippen LogP contribution is -2.12. The van der Waals surface area contributed by atoms with E-state index in [0.29, 0.717) is 5.56 Å². The standard InChI is InChI=1S/C12H16N2O/c1-8-6-10(12(13)15)4-5-11(8)14-7-9-2-3-9/h4-6,9,14H,2-3,7H2,1H3,(H2,13,15). The Hall–Kier alpha value is -1.51. The number of carbonyl (C=O) groups is 1. The van der Waals surface area contributed by atoms with Crippen molar-refractivity contribution < 1.29 is 4.79 Å². The second kappa shape index (κ2) is 3.93. The lowest BCUT2D eigenvalue weighted by Gasteiger charge is -2.09. The van der Waals surface area contributed by atoms with Crippen molar-refractivity contribution in [3.05, 3.63) is 29.3 Å². The van der Waals surface area contributed by atoms with E-state index in [2.05, 4.69) is 5.32 Å². The Morgan fingerprint density at radius 3 is 2.80 bits per heavy atom. The fourth-order valence-corrected chi connectivity index (χ4v) is 1.59. The molecule has 0 spiro atoms. The Kier molecular flexibility index (Phi) is 2.62. The molecule has 0 aromatic heterocycles. The summed E-state index contributed by atoms with van der Waals surface area (Å²) in [5.41, 5.74) is 7.96. The molecule has 0 heterocycles. The molecule has 0 unspecified atom stereocenters. The highest BCUT2D eigenvalue weighted by Gasteiger charge is 2.20. The van der Waals surface area contributed by atoms with Crippen LogP contribution < -0.4 is 11.1 Å². The van der Waals surface area contributed by atoms with Gasteiger partial charge in [0.1, 0.15) is 0 Å². The van der Waals surface area contributed by atoms with Crippen molar-refractivity contribution in [3.8, 4) is 0 Å². The lowest BCUT2D eigenvalue weighted by atomic mass is 10.1. The molecule has 0 aliphatic heterocycles. The zero-order chi connectivity index (χ0) is 10.8. The Morgan fingerprint density at radius 1 is 1.53 bits per heavy atom. The molecule has 3 nitrogen and oxygen atoms in total. The molecule has 0 saturated heterocycles. The van der Waals surface area contributed by atoms with E-state index in [1.807, 2.05) is 19.1 Å². The van der Waals surface area contributed by atoms with E-state index >= 15 is 0 Å². The maximum Gasteiger partial charge on any atom is 0.248 e. The van der Waals surface area contributed by atoms with Crippen molar-refractivity contribution in [1.82, 2.24) is 0 Å². The van der Waals surface area contributed by atoms with Crippen LogP contribution in [0.4, 0.5) is 5.69 Å². The molecule has 3 N–H and O–H groups in total. The first-order valence-electron chi connectivity index (χ1n) is 5.31. The van der Waals surface area contributed by atoms with Gasteiger partial charge in [-0.05, 0) is 49.4 Å². The Morgan fingerprint density at radius 2 is 2.27 bits per heavy atom. The number of hydrogen-bond donors (Lipinski definition) is 2. The molecule has 1 aliphatic rings. The summed E-state index contributed by atoms with van der Waals surface area (Å²) in [4.78, 5) is 10.9. The summed E-state index contributed by atoms with van der Waals surface area (Å²) < 4.78 is 0. The highest BCUT2D eigenvalue weighted by atomic mass is 16.1. The van der Waals surface area contributed by atoms with Crippen LogP contribution in [-0.2, 0) is 0 Å². The summed E-state index contributed by atoms with van der Waals surface area (Å²) in [5.74, 6) is 0.479. The number of benzene rings is 1. The summed E-state index contributed by atoms with van der Waals surface area (Å²) in [5, 5.41) is 3.39. The van der Waals surface area contributed by atoms with Gasteiger partial charge in [0.15, 0.2) is 0 Å². The Balaban J connectivity index is 2.07. The molecule has 3 heteroatoms. The van der Waals surface area contributed by atoms with E-state index in [-0.39, 0.29) is 5.91 Å². The number of anilines is 1. The van der Waals surface area contributed by atoms with Crippen LogP contribution in [0.5, 0.6) is 0 Å². The van der Waals surface area contributed by atoms with Crippen LogP contribution in [0.15, 0.2) is 18.2 Å². The van der Waals surface area contributed by atoms with Crippen LogP contribution in [0.25, 0.3) is 0 Å². The van der Waals surface area contributed by atoms with Crippen LogP contribution in [0.1, 0.15) is 28.8 Å². The summed E-state index contributed by atoms with van der Waals surface area (Å²) in [7, 11) is 0. The average Bonchev–Trinajstić information content (AvgIpc) is 2.99. The van der Waals surface area contributed by atoms with Crippen molar-refractivity contribution in [2.75, 3.05) is 11.9 Å². The van der Waals surface area contributed by atoms with Gasteiger partial charge in [-0.15, -0.1) is 0 Å². The van der Waals surface area contributed by atoms with Gasteiger partial charge in [0, 0.05) is 17.8 Å². The lowest BCUT2D eigenvalue weighted by molar-refractivity contribution is 0.100. The summed E-state index contributed by atoms with van der Waals surface area (Å²) in [6, 6.07) is 5.53. The molecule has 15 heavy (non-hydrogen) atoms. The molecular formula is C12H16N2O. The highest BCUT2D eigenvalue weighted by molar-refractivity contribution is 5.93. The molecular weight excluding hydrogens is 188 g/mol. The summed E-state index contributed by atoms with van der Waals surface area (Å²) in [6.45, 7) is 3.03. The Labute approximate surface area is 89.7 Å². The zero-order valence-corrected chi connectivity index (χ0v) is 8.92. The number of nitrogens with one attached hydrogen (secondary N) is 1. The molecule has 1 aliphatic carbocycles. The fourth-order valence-electron chi connectivity index (χ4n) is 1.59. The maximum absolute atomic E-state index is 10.9. The third kappa shape index (κ3) is 2.49. The Bertz CT molecular complexity index is 383. The van der Waals surface area contributed by atoms with Crippen LogP contribution in [0, 0.1) is 12.8 Å². The first-order chi connectivity index (χ1) is 7.16. The first-order valence-corrected chi connectivity index (χ1v) is 5.31. The van der Waals surface area contributed by atoms with Gasteiger partial charge in [-0.25, -0.2) is 0 Å². The molecule has 1 aromatic carbocycles. The summed E-state index contributed by atoms with van der Waals surface area (Å²) in [6.07, 6.45) is 2.68. The first kappa shape index (κ1) is 10.0. The SMILES string of the molecule is Cc1cc(C(N)=O)ccc1NCC1CC1. The number of carbonyl (C=O) groups excluding carboxylic acids is 1. The van der Waals surface area contributed by atoms with Crippen molar-refractivity contribution in [2.45, 2.75) is 19.8 Å². The zero-order valence-electron chi connectivity index (χ0n) is 8.92. The molecule has 1 saturated carbocycles. The number of amides is 1. The quantitative estimate of drug-likeness (QED) is 0.787. The van der Waals surface area contributed by atoms with Crippen LogP contribution in [-0.4, -0.2) is 12.5 Å².